The molecule has 164 valence electrons. The van der Waals surface area contributed by atoms with Crippen molar-refractivity contribution in [2.75, 3.05) is 6.61 Å². The Kier molecular flexibility index (Phi) is 7.74. The first-order valence-corrected chi connectivity index (χ1v) is 11.9. The van der Waals surface area contributed by atoms with Gasteiger partial charge in [-0.15, -0.1) is 13.2 Å². The molecule has 0 amide bonds. The van der Waals surface area contributed by atoms with E-state index in [2.05, 4.69) is 92.0 Å². The summed E-state index contributed by atoms with van der Waals surface area (Å²) < 4.78 is 5.65. The number of hydrogen-bond donors (Lipinski definition) is 0. The molecule has 1 nitrogen and oxygen atoms in total. The molecule has 1 aliphatic carbocycles. The van der Waals surface area contributed by atoms with E-state index >= 15 is 0 Å². The fourth-order valence-electron chi connectivity index (χ4n) is 4.64. The first-order valence-electron chi connectivity index (χ1n) is 11.9. The zero-order chi connectivity index (χ0) is 22.2. The second-order valence-corrected chi connectivity index (χ2v) is 8.87. The second-order valence-electron chi connectivity index (χ2n) is 8.87. The van der Waals surface area contributed by atoms with Crippen LogP contribution in [0.4, 0.5) is 0 Å². The summed E-state index contributed by atoms with van der Waals surface area (Å²) in [5.41, 5.74) is 7.71. The lowest BCUT2D eigenvalue weighted by atomic mass is 9.78. The van der Waals surface area contributed by atoms with Crippen LogP contribution in [0.2, 0.25) is 0 Å². The molecule has 0 unspecified atom stereocenters. The number of rotatable bonds is 9. The highest BCUT2D eigenvalue weighted by Crippen LogP contribution is 2.37. The van der Waals surface area contributed by atoms with E-state index in [1.54, 1.807) is 0 Å². The molecule has 1 saturated carbocycles. The third-order valence-corrected chi connectivity index (χ3v) is 6.73. The second kappa shape index (κ2) is 11.1. The molecular formula is C31H34O. The molecule has 32 heavy (non-hydrogen) atoms. The minimum atomic E-state index is 0.652. The summed E-state index contributed by atoms with van der Waals surface area (Å²) in [6.45, 7) is 9.06. The van der Waals surface area contributed by atoms with Gasteiger partial charge in [0.1, 0.15) is 0 Å². The van der Waals surface area contributed by atoms with E-state index in [-0.39, 0.29) is 0 Å². The quantitative estimate of drug-likeness (QED) is 0.248. The Balaban J connectivity index is 1.37. The summed E-state index contributed by atoms with van der Waals surface area (Å²) in [5, 5.41) is 0. The molecule has 0 N–H and O–H groups in total. The molecule has 1 fully saturated rings. The standard InChI is InChI=1S/C31H34O/c1-3-5-22-32-23-25-8-12-27(13-9-25)29-16-20-31(21-17-29)30-18-14-28(15-19-30)26-10-6-24(4-2)7-11-26/h3-4,8-9,12-21,24,26H,1-2,5-7,10-11,22-23H2. The number of allylic oxidation sites excluding steroid dienone is 1. The fraction of sp³-hybridized carbons (Fsp3) is 0.290. The van der Waals surface area contributed by atoms with E-state index in [1.807, 2.05) is 6.08 Å². The topological polar surface area (TPSA) is 9.23 Å². The molecule has 0 spiro atoms. The average Bonchev–Trinajstić information content (AvgIpc) is 2.87. The van der Waals surface area contributed by atoms with E-state index in [0.29, 0.717) is 12.5 Å². The van der Waals surface area contributed by atoms with Crippen LogP contribution in [0.1, 0.15) is 49.1 Å². The maximum absolute atomic E-state index is 5.65. The van der Waals surface area contributed by atoms with E-state index in [4.69, 9.17) is 4.74 Å². The third kappa shape index (κ3) is 5.66. The molecule has 0 aliphatic heterocycles. The summed E-state index contributed by atoms with van der Waals surface area (Å²) in [5.74, 6) is 1.42. The molecule has 0 radical (unpaired) electrons. The van der Waals surface area contributed by atoms with Gasteiger partial charge in [0, 0.05) is 0 Å². The normalized spacial score (nSPS) is 18.2. The lowest BCUT2D eigenvalue weighted by Gasteiger charge is -2.27. The van der Waals surface area contributed by atoms with Crippen LogP contribution < -0.4 is 0 Å². The molecule has 0 aromatic heterocycles. The van der Waals surface area contributed by atoms with Crippen LogP contribution in [-0.2, 0) is 11.3 Å². The van der Waals surface area contributed by atoms with Crippen molar-refractivity contribution in [2.24, 2.45) is 5.92 Å². The maximum atomic E-state index is 5.65. The van der Waals surface area contributed by atoms with Crippen LogP contribution in [-0.4, -0.2) is 6.61 Å². The Morgan fingerprint density at radius 2 is 1.19 bits per heavy atom. The molecule has 0 saturated heterocycles. The molecule has 0 bridgehead atoms. The lowest BCUT2D eigenvalue weighted by Crippen LogP contribution is -2.11. The Labute approximate surface area is 193 Å². The minimum Gasteiger partial charge on any atom is -0.376 e. The predicted octanol–water partition coefficient (Wildman–Crippen LogP) is 8.57. The Hall–Kier alpha value is -2.90. The molecule has 0 heterocycles. The molecular weight excluding hydrogens is 388 g/mol. The minimum absolute atomic E-state index is 0.652. The molecule has 1 heteroatoms. The van der Waals surface area contributed by atoms with Crippen LogP contribution in [0.5, 0.6) is 0 Å². The van der Waals surface area contributed by atoms with Gasteiger partial charge in [0.05, 0.1) is 13.2 Å². The van der Waals surface area contributed by atoms with Crippen molar-refractivity contribution in [2.45, 2.75) is 44.6 Å². The summed E-state index contributed by atoms with van der Waals surface area (Å²) in [7, 11) is 0. The summed E-state index contributed by atoms with van der Waals surface area (Å²) in [6.07, 6.45) is 10.0. The summed E-state index contributed by atoms with van der Waals surface area (Å²) in [4.78, 5) is 0. The van der Waals surface area contributed by atoms with Crippen molar-refractivity contribution in [3.8, 4) is 22.3 Å². The van der Waals surface area contributed by atoms with Gasteiger partial charge in [0.2, 0.25) is 0 Å². The van der Waals surface area contributed by atoms with Crippen LogP contribution in [0.3, 0.4) is 0 Å². The Bertz CT molecular complexity index is 988. The lowest BCUT2D eigenvalue weighted by molar-refractivity contribution is 0.125. The highest BCUT2D eigenvalue weighted by atomic mass is 16.5. The third-order valence-electron chi connectivity index (χ3n) is 6.73. The fourth-order valence-corrected chi connectivity index (χ4v) is 4.64. The zero-order valence-electron chi connectivity index (χ0n) is 19.0. The predicted molar refractivity (Wildman–Crippen MR) is 137 cm³/mol. The van der Waals surface area contributed by atoms with E-state index in [0.717, 1.165) is 18.9 Å². The summed E-state index contributed by atoms with van der Waals surface area (Å²) >= 11 is 0. The molecule has 4 rings (SSSR count). The van der Waals surface area contributed by atoms with Crippen molar-refractivity contribution in [1.82, 2.24) is 0 Å². The first-order chi connectivity index (χ1) is 15.8. The number of ether oxygens (including phenoxy) is 1. The van der Waals surface area contributed by atoms with Gasteiger partial charge in [-0.3, -0.25) is 0 Å². The van der Waals surface area contributed by atoms with Gasteiger partial charge in [-0.25, -0.2) is 0 Å². The summed E-state index contributed by atoms with van der Waals surface area (Å²) in [6, 6.07) is 26.8. The highest BCUT2D eigenvalue weighted by Gasteiger charge is 2.20. The van der Waals surface area contributed by atoms with E-state index < -0.39 is 0 Å². The smallest absolute Gasteiger partial charge is 0.0717 e. The van der Waals surface area contributed by atoms with Gasteiger partial charge in [-0.05, 0) is 77.3 Å². The van der Waals surface area contributed by atoms with Gasteiger partial charge in [0.15, 0.2) is 0 Å². The van der Waals surface area contributed by atoms with Crippen LogP contribution in [0.25, 0.3) is 22.3 Å². The van der Waals surface area contributed by atoms with Gasteiger partial charge in [-0.2, -0.15) is 0 Å². The van der Waals surface area contributed by atoms with Crippen molar-refractivity contribution >= 4 is 0 Å². The maximum Gasteiger partial charge on any atom is 0.0717 e. The first kappa shape index (κ1) is 22.3. The molecule has 1 aliphatic rings. The van der Waals surface area contributed by atoms with Crippen molar-refractivity contribution in [3.05, 3.63) is 109 Å². The van der Waals surface area contributed by atoms with E-state index in [1.165, 1.54) is 59.1 Å². The van der Waals surface area contributed by atoms with Crippen molar-refractivity contribution in [3.63, 3.8) is 0 Å². The van der Waals surface area contributed by atoms with Crippen LogP contribution in [0, 0.1) is 5.92 Å². The highest BCUT2D eigenvalue weighted by molar-refractivity contribution is 5.70. The Morgan fingerprint density at radius 3 is 1.69 bits per heavy atom. The van der Waals surface area contributed by atoms with Crippen molar-refractivity contribution in [1.29, 1.82) is 0 Å². The van der Waals surface area contributed by atoms with Gasteiger partial charge in [-0.1, -0.05) is 84.9 Å². The molecule has 3 aromatic rings. The SMILES string of the molecule is C=CCCOCc1ccc(-c2ccc(-c3ccc(C4CCC(C=C)CC4)cc3)cc2)cc1. The largest absolute Gasteiger partial charge is 0.376 e. The average molecular weight is 423 g/mol. The van der Waals surface area contributed by atoms with Crippen molar-refractivity contribution < 1.29 is 4.74 Å². The van der Waals surface area contributed by atoms with Gasteiger partial charge >= 0.3 is 0 Å². The van der Waals surface area contributed by atoms with Gasteiger partial charge < -0.3 is 4.74 Å². The van der Waals surface area contributed by atoms with E-state index in [9.17, 15) is 0 Å². The molecule has 3 aromatic carbocycles. The van der Waals surface area contributed by atoms with Crippen LogP contribution >= 0.6 is 0 Å². The number of benzene rings is 3. The molecule has 0 atom stereocenters. The van der Waals surface area contributed by atoms with Gasteiger partial charge in [0.25, 0.3) is 0 Å². The van der Waals surface area contributed by atoms with Crippen LogP contribution in [0.15, 0.2) is 98.1 Å². The zero-order valence-corrected chi connectivity index (χ0v) is 19.0. The Morgan fingerprint density at radius 1 is 0.688 bits per heavy atom. The monoisotopic (exact) mass is 422 g/mol. The number of hydrogen-bond acceptors (Lipinski definition) is 1.